The predicted octanol–water partition coefficient (Wildman–Crippen LogP) is 3.50. The molecular formula is C11H9F5NO. The van der Waals surface area contributed by atoms with E-state index in [9.17, 15) is 26.7 Å². The van der Waals surface area contributed by atoms with Gasteiger partial charge in [0, 0.05) is 17.7 Å². The van der Waals surface area contributed by atoms with Crippen LogP contribution in [0.25, 0.3) is 0 Å². The molecule has 0 bridgehead atoms. The first kappa shape index (κ1) is 14.4. The van der Waals surface area contributed by atoms with Crippen molar-refractivity contribution < 1.29 is 26.7 Å². The zero-order chi connectivity index (χ0) is 14.0. The summed E-state index contributed by atoms with van der Waals surface area (Å²) in [6.07, 6.45) is -5.72. The van der Waals surface area contributed by atoms with E-state index in [1.165, 1.54) is 0 Å². The third-order valence-electron chi connectivity index (χ3n) is 2.11. The van der Waals surface area contributed by atoms with E-state index in [0.717, 1.165) is 12.1 Å². The quantitative estimate of drug-likeness (QED) is 0.833. The molecule has 0 fully saturated rings. The van der Waals surface area contributed by atoms with Crippen LogP contribution in [0.5, 0.6) is 0 Å². The highest BCUT2D eigenvalue weighted by molar-refractivity contribution is 5.90. The summed E-state index contributed by atoms with van der Waals surface area (Å²) in [5.74, 6) is -5.38. The summed E-state index contributed by atoms with van der Waals surface area (Å²) in [5.41, 5.74) is -1.05. The molecule has 0 aliphatic carbocycles. The number of carbonyl (C=O) groups is 1. The van der Waals surface area contributed by atoms with Crippen molar-refractivity contribution in [2.45, 2.75) is 18.5 Å². The van der Waals surface area contributed by atoms with E-state index in [1.54, 1.807) is 0 Å². The fraction of sp³-hybridized carbons (Fsp3) is 0.273. The van der Waals surface area contributed by atoms with Crippen molar-refractivity contribution in [2.24, 2.45) is 0 Å². The first-order valence-corrected chi connectivity index (χ1v) is 4.82. The molecule has 1 N–H and O–H groups in total. The fourth-order valence-electron chi connectivity index (χ4n) is 1.15. The molecule has 0 aliphatic heterocycles. The van der Waals surface area contributed by atoms with Gasteiger partial charge in [-0.15, -0.1) is 0 Å². The molecule has 1 rings (SSSR count). The molecule has 2 nitrogen and oxygen atoms in total. The number of hydrogen-bond acceptors (Lipinski definition) is 1. The maximum Gasteiger partial charge on any atom is 0.458 e. The Labute approximate surface area is 99.8 Å². The summed E-state index contributed by atoms with van der Waals surface area (Å²) in [7, 11) is 0. The molecule has 1 radical (unpaired) electrons. The average Bonchev–Trinajstić information content (AvgIpc) is 2.28. The zero-order valence-corrected chi connectivity index (χ0v) is 9.02. The van der Waals surface area contributed by atoms with Crippen molar-refractivity contribution in [1.82, 2.24) is 0 Å². The highest BCUT2D eigenvalue weighted by Crippen LogP contribution is 2.43. The van der Waals surface area contributed by atoms with Gasteiger partial charge in [0.2, 0.25) is 5.91 Å². The molecule has 18 heavy (non-hydrogen) atoms. The van der Waals surface area contributed by atoms with Crippen LogP contribution in [0.2, 0.25) is 0 Å². The molecule has 0 saturated carbocycles. The van der Waals surface area contributed by atoms with Crippen LogP contribution >= 0.6 is 0 Å². The van der Waals surface area contributed by atoms with Crippen LogP contribution in [0.3, 0.4) is 0 Å². The van der Waals surface area contributed by atoms with Gasteiger partial charge in [-0.3, -0.25) is 4.79 Å². The fourth-order valence-corrected chi connectivity index (χ4v) is 1.15. The van der Waals surface area contributed by atoms with E-state index in [-0.39, 0.29) is 12.1 Å². The lowest BCUT2D eigenvalue weighted by Gasteiger charge is -2.20. The lowest BCUT2D eigenvalue weighted by molar-refractivity contribution is -0.289. The standard InChI is InChI=1S/C11H9F5NO/c1-2-9(18)17-8-5-3-7(4-6-8)10(12,13)11(14,15)16/h3-6H,1-2H2,(H,17,18). The first-order valence-electron chi connectivity index (χ1n) is 4.82. The number of hydrogen-bond donors (Lipinski definition) is 1. The van der Waals surface area contributed by atoms with Crippen LogP contribution < -0.4 is 5.32 Å². The smallest absolute Gasteiger partial charge is 0.326 e. The third kappa shape index (κ3) is 2.96. The lowest BCUT2D eigenvalue weighted by atomic mass is 10.1. The Morgan fingerprint density at radius 1 is 1.11 bits per heavy atom. The molecular weight excluding hydrogens is 257 g/mol. The van der Waals surface area contributed by atoms with Gasteiger partial charge < -0.3 is 5.32 Å². The second kappa shape index (κ2) is 4.91. The maximum atomic E-state index is 12.9. The summed E-state index contributed by atoms with van der Waals surface area (Å²) >= 11 is 0. The number of amides is 1. The van der Waals surface area contributed by atoms with E-state index in [0.29, 0.717) is 12.1 Å². The van der Waals surface area contributed by atoms with E-state index < -0.39 is 23.6 Å². The van der Waals surface area contributed by atoms with Gasteiger partial charge in [0.25, 0.3) is 0 Å². The average molecular weight is 266 g/mol. The highest BCUT2D eigenvalue weighted by Gasteiger charge is 2.58. The summed E-state index contributed by atoms with van der Waals surface area (Å²) in [6, 6.07) is 3.18. The molecule has 0 spiro atoms. The van der Waals surface area contributed by atoms with Gasteiger partial charge in [0.05, 0.1) is 0 Å². The number of carbonyl (C=O) groups excluding carboxylic acids is 1. The summed E-state index contributed by atoms with van der Waals surface area (Å²) in [6.45, 7) is 3.29. The Kier molecular flexibility index (Phi) is 3.93. The molecule has 0 unspecified atom stereocenters. The lowest BCUT2D eigenvalue weighted by Crippen LogP contribution is -2.33. The molecule has 0 aliphatic rings. The molecule has 0 heterocycles. The third-order valence-corrected chi connectivity index (χ3v) is 2.11. The van der Waals surface area contributed by atoms with Crippen LogP contribution in [0.4, 0.5) is 27.6 Å². The number of anilines is 1. The highest BCUT2D eigenvalue weighted by atomic mass is 19.4. The van der Waals surface area contributed by atoms with Crippen LogP contribution in [0.15, 0.2) is 24.3 Å². The number of alkyl halides is 5. The van der Waals surface area contributed by atoms with E-state index >= 15 is 0 Å². The van der Waals surface area contributed by atoms with Crippen molar-refractivity contribution in [1.29, 1.82) is 0 Å². The molecule has 1 aromatic rings. The summed E-state index contributed by atoms with van der Waals surface area (Å²) < 4.78 is 62.0. The summed E-state index contributed by atoms with van der Waals surface area (Å²) in [5, 5.41) is 2.28. The predicted molar refractivity (Wildman–Crippen MR) is 55.0 cm³/mol. The second-order valence-corrected chi connectivity index (χ2v) is 3.45. The monoisotopic (exact) mass is 266 g/mol. The minimum Gasteiger partial charge on any atom is -0.326 e. The van der Waals surface area contributed by atoms with Gasteiger partial charge in [-0.1, -0.05) is 12.1 Å². The Hall–Kier alpha value is -1.66. The Balaban J connectivity index is 2.93. The van der Waals surface area contributed by atoms with Gasteiger partial charge >= 0.3 is 12.1 Å². The second-order valence-electron chi connectivity index (χ2n) is 3.45. The summed E-state index contributed by atoms with van der Waals surface area (Å²) in [4.78, 5) is 10.9. The van der Waals surface area contributed by atoms with E-state index in [1.807, 2.05) is 0 Å². The molecule has 0 saturated heterocycles. The van der Waals surface area contributed by atoms with Crippen LogP contribution in [-0.2, 0) is 10.7 Å². The van der Waals surface area contributed by atoms with Crippen molar-refractivity contribution in [2.75, 3.05) is 5.32 Å². The van der Waals surface area contributed by atoms with Gasteiger partial charge in [-0.25, -0.2) is 0 Å². The minimum absolute atomic E-state index is 0.0690. The molecule has 7 heteroatoms. The number of nitrogens with one attached hydrogen (secondary N) is 1. The maximum absolute atomic E-state index is 12.9. The van der Waals surface area contributed by atoms with Gasteiger partial charge in [0.15, 0.2) is 0 Å². The van der Waals surface area contributed by atoms with Crippen molar-refractivity contribution >= 4 is 11.6 Å². The van der Waals surface area contributed by atoms with Crippen LogP contribution in [0.1, 0.15) is 12.0 Å². The zero-order valence-electron chi connectivity index (χ0n) is 9.02. The van der Waals surface area contributed by atoms with Crippen LogP contribution in [-0.4, -0.2) is 12.1 Å². The minimum atomic E-state index is -5.65. The number of benzene rings is 1. The topological polar surface area (TPSA) is 29.1 Å². The normalized spacial score (nSPS) is 12.3. The van der Waals surface area contributed by atoms with E-state index in [4.69, 9.17) is 0 Å². The Bertz CT molecular complexity index is 424. The first-order chi connectivity index (χ1) is 8.18. The SMILES string of the molecule is [CH2]CC(=O)Nc1ccc(C(F)(F)C(F)(F)F)cc1. The Morgan fingerprint density at radius 3 is 2.00 bits per heavy atom. The largest absolute Gasteiger partial charge is 0.458 e. The van der Waals surface area contributed by atoms with Crippen molar-refractivity contribution in [3.63, 3.8) is 0 Å². The van der Waals surface area contributed by atoms with E-state index in [2.05, 4.69) is 12.2 Å². The number of halogens is 5. The van der Waals surface area contributed by atoms with Gasteiger partial charge in [-0.05, 0) is 19.1 Å². The van der Waals surface area contributed by atoms with Gasteiger partial charge in [0.1, 0.15) is 0 Å². The van der Waals surface area contributed by atoms with Gasteiger partial charge in [-0.2, -0.15) is 22.0 Å². The Morgan fingerprint density at radius 2 is 1.61 bits per heavy atom. The molecule has 99 valence electrons. The molecule has 0 atom stereocenters. The van der Waals surface area contributed by atoms with Crippen molar-refractivity contribution in [3.8, 4) is 0 Å². The van der Waals surface area contributed by atoms with Crippen LogP contribution in [0, 0.1) is 6.92 Å². The number of rotatable bonds is 3. The molecule has 0 aromatic heterocycles. The molecule has 1 aromatic carbocycles. The van der Waals surface area contributed by atoms with Crippen molar-refractivity contribution in [3.05, 3.63) is 36.8 Å². The molecule has 1 amide bonds.